The van der Waals surface area contributed by atoms with Crippen molar-refractivity contribution in [3.63, 3.8) is 0 Å². The third-order valence-electron chi connectivity index (χ3n) is 3.20. The zero-order valence-corrected chi connectivity index (χ0v) is 11.4. The van der Waals surface area contributed by atoms with Crippen LogP contribution in [-0.4, -0.2) is 9.97 Å². The van der Waals surface area contributed by atoms with E-state index >= 15 is 0 Å². The Morgan fingerprint density at radius 3 is 2.55 bits per heavy atom. The fourth-order valence-electron chi connectivity index (χ4n) is 2.29. The lowest BCUT2D eigenvalue weighted by Crippen LogP contribution is -2.30. The van der Waals surface area contributed by atoms with E-state index in [1.54, 1.807) is 24.5 Å². The first-order valence-electron chi connectivity index (χ1n) is 6.21. The first-order chi connectivity index (χ1) is 9.81. The predicted molar refractivity (Wildman–Crippen MR) is 80.2 cm³/mol. The number of nitrogens with one attached hydrogen (secondary N) is 1. The molecule has 2 aromatic heterocycles. The van der Waals surface area contributed by atoms with E-state index in [1.807, 2.05) is 30.3 Å². The number of nitrogens with two attached hydrogens (primary N) is 1. The number of aromatic nitrogens is 2. The van der Waals surface area contributed by atoms with Crippen molar-refractivity contribution in [2.45, 2.75) is 6.04 Å². The quantitative estimate of drug-likeness (QED) is 0.573. The van der Waals surface area contributed by atoms with Crippen molar-refractivity contribution < 1.29 is 0 Å². The average Bonchev–Trinajstić information content (AvgIpc) is 2.50. The highest BCUT2D eigenvalue weighted by Gasteiger charge is 2.19. The molecule has 20 heavy (non-hydrogen) atoms. The molecule has 100 valence electrons. The Labute approximate surface area is 121 Å². The Balaban J connectivity index is 2.20. The number of para-hydroxylation sites is 1. The van der Waals surface area contributed by atoms with Crippen LogP contribution in [0.3, 0.4) is 0 Å². The van der Waals surface area contributed by atoms with Gasteiger partial charge in [0.2, 0.25) is 0 Å². The SMILES string of the molecule is NNC(c1ncccc1Cl)c1cccc2cccnc12. The summed E-state index contributed by atoms with van der Waals surface area (Å²) in [5.41, 5.74) is 5.31. The molecule has 1 aromatic carbocycles. The van der Waals surface area contributed by atoms with Gasteiger partial charge in [0, 0.05) is 23.3 Å². The van der Waals surface area contributed by atoms with Crippen molar-refractivity contribution in [1.82, 2.24) is 15.4 Å². The highest BCUT2D eigenvalue weighted by Crippen LogP contribution is 2.29. The molecule has 3 rings (SSSR count). The monoisotopic (exact) mass is 284 g/mol. The van der Waals surface area contributed by atoms with Crippen molar-refractivity contribution >= 4 is 22.5 Å². The first kappa shape index (κ1) is 13.0. The van der Waals surface area contributed by atoms with Gasteiger partial charge in [-0.05, 0) is 18.2 Å². The van der Waals surface area contributed by atoms with Gasteiger partial charge in [-0.25, -0.2) is 5.43 Å². The fraction of sp³-hybridized carbons (Fsp3) is 0.0667. The van der Waals surface area contributed by atoms with E-state index < -0.39 is 0 Å². The summed E-state index contributed by atoms with van der Waals surface area (Å²) in [4.78, 5) is 8.77. The van der Waals surface area contributed by atoms with Gasteiger partial charge in [0.25, 0.3) is 0 Å². The van der Waals surface area contributed by atoms with Gasteiger partial charge >= 0.3 is 0 Å². The highest BCUT2D eigenvalue weighted by molar-refractivity contribution is 6.31. The van der Waals surface area contributed by atoms with E-state index in [9.17, 15) is 0 Å². The number of hydrogen-bond donors (Lipinski definition) is 2. The first-order valence-corrected chi connectivity index (χ1v) is 6.59. The third-order valence-corrected chi connectivity index (χ3v) is 3.52. The Morgan fingerprint density at radius 2 is 1.75 bits per heavy atom. The van der Waals surface area contributed by atoms with Gasteiger partial charge in [-0.1, -0.05) is 35.9 Å². The molecule has 2 heterocycles. The Hall–Kier alpha value is -2.01. The van der Waals surface area contributed by atoms with Crippen LogP contribution in [0.1, 0.15) is 17.3 Å². The maximum absolute atomic E-state index is 6.22. The average molecular weight is 285 g/mol. The molecule has 0 bridgehead atoms. The number of rotatable bonds is 3. The van der Waals surface area contributed by atoms with Gasteiger partial charge in [-0.2, -0.15) is 0 Å². The lowest BCUT2D eigenvalue weighted by molar-refractivity contribution is 0.624. The van der Waals surface area contributed by atoms with Crippen LogP contribution in [0.4, 0.5) is 0 Å². The lowest BCUT2D eigenvalue weighted by Gasteiger charge is -2.18. The van der Waals surface area contributed by atoms with Crippen LogP contribution < -0.4 is 11.3 Å². The summed E-state index contributed by atoms with van der Waals surface area (Å²) < 4.78 is 0. The highest BCUT2D eigenvalue weighted by atomic mass is 35.5. The van der Waals surface area contributed by atoms with Crippen LogP contribution in [0.25, 0.3) is 10.9 Å². The van der Waals surface area contributed by atoms with Crippen molar-refractivity contribution in [1.29, 1.82) is 0 Å². The molecule has 0 amide bonds. The summed E-state index contributed by atoms with van der Waals surface area (Å²) in [5.74, 6) is 5.72. The molecule has 0 radical (unpaired) electrons. The molecule has 4 nitrogen and oxygen atoms in total. The maximum Gasteiger partial charge on any atom is 0.0917 e. The van der Waals surface area contributed by atoms with Gasteiger partial charge in [0.05, 0.1) is 22.3 Å². The minimum atomic E-state index is -0.303. The second kappa shape index (κ2) is 5.54. The molecule has 5 heteroatoms. The van der Waals surface area contributed by atoms with Crippen LogP contribution >= 0.6 is 11.6 Å². The molecule has 1 unspecified atom stereocenters. The van der Waals surface area contributed by atoms with Crippen molar-refractivity contribution in [3.05, 3.63) is 71.1 Å². The van der Waals surface area contributed by atoms with Crippen LogP contribution in [0.15, 0.2) is 54.9 Å². The molecule has 1 atom stereocenters. The zero-order chi connectivity index (χ0) is 13.9. The van der Waals surface area contributed by atoms with Crippen molar-refractivity contribution in [3.8, 4) is 0 Å². The minimum absolute atomic E-state index is 0.303. The fourth-order valence-corrected chi connectivity index (χ4v) is 2.52. The maximum atomic E-state index is 6.22. The van der Waals surface area contributed by atoms with Crippen molar-refractivity contribution in [2.75, 3.05) is 0 Å². The second-order valence-corrected chi connectivity index (χ2v) is 4.80. The molecular weight excluding hydrogens is 272 g/mol. The molecule has 3 N–H and O–H groups in total. The lowest BCUT2D eigenvalue weighted by atomic mass is 10.00. The standard InChI is InChI=1S/C15H13ClN4/c16-12-7-3-9-19-15(12)14(20-17)11-6-1-4-10-5-2-8-18-13(10)11/h1-9,14,20H,17H2. The molecule has 3 aromatic rings. The number of hydrazine groups is 1. The smallest absolute Gasteiger partial charge is 0.0917 e. The molecule has 0 spiro atoms. The van der Waals surface area contributed by atoms with E-state index in [-0.39, 0.29) is 6.04 Å². The Kier molecular flexibility index (Phi) is 3.60. The van der Waals surface area contributed by atoms with E-state index in [4.69, 9.17) is 17.4 Å². The van der Waals surface area contributed by atoms with Crippen molar-refractivity contribution in [2.24, 2.45) is 5.84 Å². The van der Waals surface area contributed by atoms with Gasteiger partial charge < -0.3 is 0 Å². The summed E-state index contributed by atoms with van der Waals surface area (Å²) in [6.07, 6.45) is 3.46. The van der Waals surface area contributed by atoms with Gasteiger partial charge in [0.15, 0.2) is 0 Å². The van der Waals surface area contributed by atoms with Gasteiger partial charge in [-0.15, -0.1) is 0 Å². The number of benzene rings is 1. The van der Waals surface area contributed by atoms with Gasteiger partial charge in [-0.3, -0.25) is 15.8 Å². The number of hydrogen-bond acceptors (Lipinski definition) is 4. The molecule has 0 aliphatic heterocycles. The predicted octanol–water partition coefficient (Wildman–Crippen LogP) is 2.84. The Bertz CT molecular complexity index is 739. The number of fused-ring (bicyclic) bond motifs is 1. The second-order valence-electron chi connectivity index (χ2n) is 4.39. The summed E-state index contributed by atoms with van der Waals surface area (Å²) >= 11 is 6.22. The minimum Gasteiger partial charge on any atom is -0.271 e. The normalized spacial score (nSPS) is 12.5. The van der Waals surface area contributed by atoms with Crippen LogP contribution in [-0.2, 0) is 0 Å². The molecule has 0 aliphatic carbocycles. The van der Waals surface area contributed by atoms with Gasteiger partial charge in [0.1, 0.15) is 0 Å². The van der Waals surface area contributed by atoms with E-state index in [0.29, 0.717) is 10.7 Å². The molecule has 0 saturated carbocycles. The summed E-state index contributed by atoms with van der Waals surface area (Å²) in [5, 5.41) is 1.63. The molecule has 0 aliphatic rings. The van der Waals surface area contributed by atoms with Crippen LogP contribution in [0, 0.1) is 0 Å². The number of nitrogens with zero attached hydrogens (tertiary/aromatic N) is 2. The summed E-state index contributed by atoms with van der Waals surface area (Å²) in [6.45, 7) is 0. The largest absolute Gasteiger partial charge is 0.271 e. The molecule has 0 fully saturated rings. The van der Waals surface area contributed by atoms with E-state index in [0.717, 1.165) is 16.5 Å². The van der Waals surface area contributed by atoms with E-state index in [2.05, 4.69) is 15.4 Å². The van der Waals surface area contributed by atoms with Crippen LogP contribution in [0.2, 0.25) is 5.02 Å². The molecule has 0 saturated heterocycles. The third kappa shape index (κ3) is 2.25. The van der Waals surface area contributed by atoms with Crippen LogP contribution in [0.5, 0.6) is 0 Å². The summed E-state index contributed by atoms with van der Waals surface area (Å²) in [6, 6.07) is 13.2. The van der Waals surface area contributed by atoms with E-state index in [1.165, 1.54) is 0 Å². The number of pyridine rings is 2. The number of halogens is 1. The molecular formula is C15H13ClN4. The topological polar surface area (TPSA) is 63.8 Å². The Morgan fingerprint density at radius 1 is 1.00 bits per heavy atom. The zero-order valence-electron chi connectivity index (χ0n) is 10.6. The summed E-state index contributed by atoms with van der Waals surface area (Å²) in [7, 11) is 0.